The van der Waals surface area contributed by atoms with Crippen molar-refractivity contribution >= 4 is 11.6 Å². The average Bonchev–Trinajstić information content (AvgIpc) is 3.11. The minimum absolute atomic E-state index is 0.103. The van der Waals surface area contributed by atoms with E-state index < -0.39 is 6.67 Å². The van der Waals surface area contributed by atoms with Gasteiger partial charge in [-0.2, -0.15) is 0 Å². The summed E-state index contributed by atoms with van der Waals surface area (Å²) in [7, 11) is 0. The highest BCUT2D eigenvalue weighted by atomic mass is 19.1. The lowest BCUT2D eigenvalue weighted by atomic mass is 10.1. The number of aliphatic imine (C=N–C) groups is 1. The first kappa shape index (κ1) is 15.0. The van der Waals surface area contributed by atoms with Gasteiger partial charge in [0.05, 0.1) is 6.54 Å². The Kier molecular flexibility index (Phi) is 5.32. The molecule has 3 nitrogen and oxygen atoms in total. The second-order valence-corrected chi connectivity index (χ2v) is 4.72. The lowest BCUT2D eigenvalue weighted by molar-refractivity contribution is 0.505. The maximum absolute atomic E-state index is 11.8. The van der Waals surface area contributed by atoms with E-state index in [2.05, 4.69) is 41.5 Å². The van der Waals surface area contributed by atoms with Gasteiger partial charge in [-0.25, -0.2) is 4.39 Å². The Balaban J connectivity index is 0.000000218. The fourth-order valence-corrected chi connectivity index (χ4v) is 1.89. The van der Waals surface area contributed by atoms with E-state index in [1.54, 1.807) is 0 Å². The lowest BCUT2D eigenvalue weighted by Gasteiger charge is -2.06. The standard InChI is InChI=1S/C11H16FN3.C6H4/c1-2-9-4-3-5-10(8-9)15-11(13)14-7-6-12;1-2-5-4-6(5)3-1/h3-5,8H,2,6-7H2,1H3,(H3,13,14,15);1-4H. The first-order valence-electron chi connectivity index (χ1n) is 7.05. The van der Waals surface area contributed by atoms with Crippen molar-refractivity contribution < 1.29 is 4.39 Å². The zero-order valence-corrected chi connectivity index (χ0v) is 12.1. The second-order valence-electron chi connectivity index (χ2n) is 4.72. The zero-order valence-electron chi connectivity index (χ0n) is 12.1. The molecule has 3 N–H and O–H groups in total. The van der Waals surface area contributed by atoms with Crippen LogP contribution in [0, 0.1) is 0 Å². The van der Waals surface area contributed by atoms with Crippen molar-refractivity contribution in [3.05, 3.63) is 54.1 Å². The molecule has 0 amide bonds. The molecule has 21 heavy (non-hydrogen) atoms. The van der Waals surface area contributed by atoms with Crippen LogP contribution in [-0.4, -0.2) is 19.2 Å². The van der Waals surface area contributed by atoms with Gasteiger partial charge >= 0.3 is 0 Å². The number of rotatable bonds is 4. The number of halogens is 1. The molecule has 0 atom stereocenters. The SMILES string of the molecule is CCc1cccc(NC(N)=NCCF)c1.c1cc2cc-2c1. The Morgan fingerprint density at radius 2 is 1.86 bits per heavy atom. The molecule has 0 bridgehead atoms. The largest absolute Gasteiger partial charge is 0.370 e. The van der Waals surface area contributed by atoms with Crippen LogP contribution in [0.1, 0.15) is 12.5 Å². The third kappa shape index (κ3) is 4.91. The molecule has 0 radical (unpaired) electrons. The summed E-state index contributed by atoms with van der Waals surface area (Å²) in [5, 5.41) is 2.91. The van der Waals surface area contributed by atoms with Gasteiger partial charge in [0.25, 0.3) is 0 Å². The van der Waals surface area contributed by atoms with Crippen LogP contribution in [0.4, 0.5) is 10.1 Å². The Morgan fingerprint density at radius 3 is 2.38 bits per heavy atom. The van der Waals surface area contributed by atoms with Crippen molar-refractivity contribution in [3.63, 3.8) is 0 Å². The molecule has 0 fully saturated rings. The third-order valence-corrected chi connectivity index (χ3v) is 3.09. The van der Waals surface area contributed by atoms with Crippen LogP contribution in [0.15, 0.2) is 53.5 Å². The number of guanidine groups is 1. The molecular formula is C17H20FN3. The lowest BCUT2D eigenvalue weighted by Crippen LogP contribution is -2.23. The number of alkyl halides is 1. The van der Waals surface area contributed by atoms with Crippen LogP contribution in [0.5, 0.6) is 0 Å². The number of nitrogens with two attached hydrogens (primary N) is 1. The molecule has 0 saturated carbocycles. The van der Waals surface area contributed by atoms with E-state index in [4.69, 9.17) is 5.73 Å². The maximum atomic E-state index is 11.8. The van der Waals surface area contributed by atoms with Crippen LogP contribution in [0.2, 0.25) is 0 Å². The van der Waals surface area contributed by atoms with Crippen LogP contribution >= 0.6 is 0 Å². The van der Waals surface area contributed by atoms with E-state index in [9.17, 15) is 4.39 Å². The number of nitrogens with zero attached hydrogens (tertiary/aromatic N) is 1. The van der Waals surface area contributed by atoms with Gasteiger partial charge in [-0.05, 0) is 41.3 Å². The fourth-order valence-electron chi connectivity index (χ4n) is 1.89. The molecule has 0 unspecified atom stereocenters. The van der Waals surface area contributed by atoms with E-state index in [0.717, 1.165) is 12.1 Å². The summed E-state index contributed by atoms with van der Waals surface area (Å²) in [5.41, 5.74) is 10.5. The molecule has 0 spiro atoms. The fraction of sp³-hybridized carbons (Fsp3) is 0.235. The van der Waals surface area contributed by atoms with E-state index in [1.807, 2.05) is 24.3 Å². The number of hydrogen-bond acceptors (Lipinski definition) is 1. The van der Waals surface area contributed by atoms with Gasteiger partial charge in [0.15, 0.2) is 5.96 Å². The Labute approximate surface area is 124 Å². The molecule has 110 valence electrons. The van der Waals surface area contributed by atoms with Crippen molar-refractivity contribution in [3.8, 4) is 11.1 Å². The smallest absolute Gasteiger partial charge is 0.193 e. The molecular weight excluding hydrogens is 265 g/mol. The quantitative estimate of drug-likeness (QED) is 0.568. The minimum atomic E-state index is -0.489. The molecule has 1 aromatic rings. The van der Waals surface area contributed by atoms with Crippen LogP contribution < -0.4 is 11.1 Å². The number of nitrogens with one attached hydrogen (secondary N) is 1. The number of benzene rings is 2. The summed E-state index contributed by atoms with van der Waals surface area (Å²) < 4.78 is 11.8. The Bertz CT molecular complexity index is 606. The normalized spacial score (nSPS) is 11.4. The predicted octanol–water partition coefficient (Wildman–Crippen LogP) is 3.61. The second kappa shape index (κ2) is 7.43. The van der Waals surface area contributed by atoms with Crippen molar-refractivity contribution in [1.29, 1.82) is 0 Å². The Morgan fingerprint density at radius 1 is 1.14 bits per heavy atom. The van der Waals surface area contributed by atoms with Gasteiger partial charge in [0.2, 0.25) is 0 Å². The van der Waals surface area contributed by atoms with Crippen molar-refractivity contribution in [2.45, 2.75) is 13.3 Å². The number of aryl methyl sites for hydroxylation is 1. The molecule has 0 aromatic heterocycles. The number of fused-ring (bicyclic) bond motifs is 1. The van der Waals surface area contributed by atoms with Crippen LogP contribution in [0.25, 0.3) is 11.1 Å². The maximum Gasteiger partial charge on any atom is 0.193 e. The first-order valence-corrected chi connectivity index (χ1v) is 7.05. The van der Waals surface area contributed by atoms with Gasteiger partial charge < -0.3 is 11.1 Å². The van der Waals surface area contributed by atoms with Gasteiger partial charge in [-0.15, -0.1) is 0 Å². The van der Waals surface area contributed by atoms with E-state index in [0.29, 0.717) is 0 Å². The highest BCUT2D eigenvalue weighted by Crippen LogP contribution is 2.32. The molecule has 0 saturated heterocycles. The summed E-state index contributed by atoms with van der Waals surface area (Å²) in [6.07, 6.45) is 0.969. The molecule has 0 aliphatic heterocycles. The Hall–Kier alpha value is -2.36. The van der Waals surface area contributed by atoms with Crippen molar-refractivity contribution in [1.82, 2.24) is 0 Å². The molecule has 1 aromatic carbocycles. The summed E-state index contributed by atoms with van der Waals surface area (Å²) in [5.74, 6) is 0.251. The molecule has 3 rings (SSSR count). The van der Waals surface area contributed by atoms with E-state index in [-0.39, 0.29) is 12.5 Å². The predicted molar refractivity (Wildman–Crippen MR) is 87.3 cm³/mol. The van der Waals surface area contributed by atoms with Gasteiger partial charge in [0, 0.05) is 5.69 Å². The van der Waals surface area contributed by atoms with Gasteiger partial charge in [0.1, 0.15) is 6.67 Å². The van der Waals surface area contributed by atoms with Crippen molar-refractivity contribution in [2.24, 2.45) is 10.7 Å². The molecule has 2 aliphatic carbocycles. The summed E-state index contributed by atoms with van der Waals surface area (Å²) in [4.78, 5) is 3.80. The van der Waals surface area contributed by atoms with E-state index >= 15 is 0 Å². The molecule has 2 aliphatic rings. The monoisotopic (exact) mass is 285 g/mol. The van der Waals surface area contributed by atoms with Crippen LogP contribution in [0.3, 0.4) is 0 Å². The van der Waals surface area contributed by atoms with Gasteiger partial charge in [-0.1, -0.05) is 37.3 Å². The van der Waals surface area contributed by atoms with Crippen molar-refractivity contribution in [2.75, 3.05) is 18.5 Å². The number of anilines is 1. The molecule has 0 heterocycles. The summed E-state index contributed by atoms with van der Waals surface area (Å²) in [6.45, 7) is 1.70. The molecule has 4 heteroatoms. The van der Waals surface area contributed by atoms with E-state index in [1.165, 1.54) is 16.7 Å². The minimum Gasteiger partial charge on any atom is -0.370 e. The number of hydrogen-bond donors (Lipinski definition) is 2. The zero-order chi connectivity index (χ0) is 15.1. The topological polar surface area (TPSA) is 50.4 Å². The highest BCUT2D eigenvalue weighted by Gasteiger charge is 2.06. The van der Waals surface area contributed by atoms with Crippen LogP contribution in [-0.2, 0) is 6.42 Å². The summed E-state index contributed by atoms with van der Waals surface area (Å²) in [6, 6.07) is 16.4. The van der Waals surface area contributed by atoms with Gasteiger partial charge in [-0.3, -0.25) is 4.99 Å². The average molecular weight is 285 g/mol. The summed E-state index contributed by atoms with van der Waals surface area (Å²) >= 11 is 0. The highest BCUT2D eigenvalue weighted by molar-refractivity contribution is 5.92. The third-order valence-electron chi connectivity index (χ3n) is 3.09. The first-order chi connectivity index (χ1) is 10.2.